The maximum atomic E-state index is 6.25. The highest BCUT2D eigenvalue weighted by Crippen LogP contribution is 2.30. The predicted molar refractivity (Wildman–Crippen MR) is 70.7 cm³/mol. The normalized spacial score (nSPS) is 29.2. The number of morpholine rings is 1. The Labute approximate surface area is 113 Å². The average Bonchev–Trinajstić information content (AvgIpc) is 2.71. The molecule has 2 heterocycles. The second-order valence-electron chi connectivity index (χ2n) is 5.34. The van der Waals surface area contributed by atoms with Crippen molar-refractivity contribution in [1.82, 2.24) is 15.1 Å². The van der Waals surface area contributed by atoms with E-state index in [-0.39, 0.29) is 0 Å². The Hall–Kier alpha value is -0.580. The number of hydrogen-bond acceptors (Lipinski definition) is 3. The summed E-state index contributed by atoms with van der Waals surface area (Å²) in [4.78, 5) is 2.49. The van der Waals surface area contributed by atoms with Crippen molar-refractivity contribution in [2.45, 2.75) is 51.3 Å². The quantitative estimate of drug-likeness (QED) is 0.897. The van der Waals surface area contributed by atoms with Crippen LogP contribution in [0.2, 0.25) is 5.02 Å². The van der Waals surface area contributed by atoms with Gasteiger partial charge < -0.3 is 4.74 Å². The van der Waals surface area contributed by atoms with Gasteiger partial charge in [-0.2, -0.15) is 5.10 Å². The van der Waals surface area contributed by atoms with Gasteiger partial charge in [0, 0.05) is 19.1 Å². The fraction of sp³-hybridized carbons (Fsp3) is 0.769. The molecule has 5 heteroatoms. The number of halogens is 1. The van der Waals surface area contributed by atoms with Gasteiger partial charge in [0.05, 0.1) is 29.1 Å². The molecule has 2 aliphatic rings. The van der Waals surface area contributed by atoms with Gasteiger partial charge in [-0.15, -0.1) is 0 Å². The summed E-state index contributed by atoms with van der Waals surface area (Å²) in [6, 6.07) is 0.556. The number of nitrogens with zero attached hydrogens (tertiary/aromatic N) is 2. The van der Waals surface area contributed by atoms with Crippen molar-refractivity contribution in [3.63, 3.8) is 0 Å². The first-order chi connectivity index (χ1) is 8.75. The van der Waals surface area contributed by atoms with Gasteiger partial charge in [0.15, 0.2) is 0 Å². The summed E-state index contributed by atoms with van der Waals surface area (Å²) in [5.41, 5.74) is 1.93. The highest BCUT2D eigenvalue weighted by Gasteiger charge is 2.34. The molecule has 1 saturated carbocycles. The van der Waals surface area contributed by atoms with Crippen LogP contribution in [0.25, 0.3) is 0 Å². The first-order valence-electron chi connectivity index (χ1n) is 6.80. The highest BCUT2D eigenvalue weighted by atomic mass is 35.5. The Morgan fingerprint density at radius 3 is 3.06 bits per heavy atom. The third-order valence-electron chi connectivity index (χ3n) is 4.14. The van der Waals surface area contributed by atoms with Gasteiger partial charge in [-0.1, -0.05) is 24.4 Å². The van der Waals surface area contributed by atoms with Crippen LogP contribution in [0.5, 0.6) is 0 Å². The van der Waals surface area contributed by atoms with Crippen molar-refractivity contribution in [1.29, 1.82) is 0 Å². The SMILES string of the molecule is Cc1[nH]nc(CN2CCO[C@@H]3CCCC[C@H]32)c1Cl. The fourth-order valence-corrected chi connectivity index (χ4v) is 3.28. The molecule has 0 unspecified atom stereocenters. The average molecular weight is 270 g/mol. The largest absolute Gasteiger partial charge is 0.375 e. The van der Waals surface area contributed by atoms with Gasteiger partial charge in [0.2, 0.25) is 0 Å². The lowest BCUT2D eigenvalue weighted by atomic mass is 9.90. The van der Waals surface area contributed by atoms with Crippen LogP contribution in [0, 0.1) is 6.92 Å². The van der Waals surface area contributed by atoms with Crippen LogP contribution >= 0.6 is 11.6 Å². The van der Waals surface area contributed by atoms with E-state index in [1.165, 1.54) is 25.7 Å². The van der Waals surface area contributed by atoms with E-state index in [1.54, 1.807) is 0 Å². The summed E-state index contributed by atoms with van der Waals surface area (Å²) in [6.45, 7) is 4.63. The van der Waals surface area contributed by atoms with Gasteiger partial charge in [0.1, 0.15) is 0 Å². The third-order valence-corrected chi connectivity index (χ3v) is 4.64. The zero-order chi connectivity index (χ0) is 12.5. The second-order valence-corrected chi connectivity index (χ2v) is 5.72. The summed E-state index contributed by atoms with van der Waals surface area (Å²) in [5, 5.41) is 8.05. The number of rotatable bonds is 2. The van der Waals surface area contributed by atoms with E-state index >= 15 is 0 Å². The minimum Gasteiger partial charge on any atom is -0.375 e. The monoisotopic (exact) mass is 269 g/mol. The number of ether oxygens (including phenoxy) is 1. The Kier molecular flexibility index (Phi) is 3.59. The van der Waals surface area contributed by atoms with Crippen molar-refractivity contribution in [3.8, 4) is 0 Å². The van der Waals surface area contributed by atoms with Crippen molar-refractivity contribution in [3.05, 3.63) is 16.4 Å². The first kappa shape index (κ1) is 12.5. The third kappa shape index (κ3) is 2.29. The molecule has 18 heavy (non-hydrogen) atoms. The molecule has 1 aromatic heterocycles. The molecule has 2 fully saturated rings. The fourth-order valence-electron chi connectivity index (χ4n) is 3.14. The summed E-state index contributed by atoms with van der Waals surface area (Å²) in [7, 11) is 0. The minimum atomic E-state index is 0.423. The molecule has 4 nitrogen and oxygen atoms in total. The van der Waals surface area contributed by atoms with Crippen molar-refractivity contribution in [2.75, 3.05) is 13.2 Å². The van der Waals surface area contributed by atoms with Gasteiger partial charge in [0.25, 0.3) is 0 Å². The summed E-state index contributed by atoms with van der Waals surface area (Å²) >= 11 is 6.25. The highest BCUT2D eigenvalue weighted by molar-refractivity contribution is 6.31. The van der Waals surface area contributed by atoms with Crippen molar-refractivity contribution >= 4 is 11.6 Å². The number of fused-ring (bicyclic) bond motifs is 1. The molecule has 0 spiro atoms. The van der Waals surface area contributed by atoms with Gasteiger partial charge >= 0.3 is 0 Å². The van der Waals surface area contributed by atoms with Crippen LogP contribution < -0.4 is 0 Å². The summed E-state index contributed by atoms with van der Waals surface area (Å²) < 4.78 is 5.88. The molecule has 1 saturated heterocycles. The molecule has 100 valence electrons. The summed E-state index contributed by atoms with van der Waals surface area (Å²) in [6.07, 6.45) is 5.48. The van der Waals surface area contributed by atoms with E-state index in [1.807, 2.05) is 6.92 Å². The van der Waals surface area contributed by atoms with Crippen LogP contribution in [0.3, 0.4) is 0 Å². The maximum absolute atomic E-state index is 6.25. The Bertz CT molecular complexity index is 418. The van der Waals surface area contributed by atoms with Gasteiger partial charge in [-0.05, 0) is 19.8 Å². The molecule has 1 aliphatic heterocycles. The van der Waals surface area contributed by atoms with E-state index in [0.717, 1.165) is 36.1 Å². The number of aromatic nitrogens is 2. The van der Waals surface area contributed by atoms with Crippen LogP contribution in [0.1, 0.15) is 37.1 Å². The molecule has 1 N–H and O–H groups in total. The van der Waals surface area contributed by atoms with Crippen LogP contribution in [0.4, 0.5) is 0 Å². The zero-order valence-electron chi connectivity index (χ0n) is 10.8. The lowest BCUT2D eigenvalue weighted by molar-refractivity contribution is -0.0914. The number of hydrogen-bond donors (Lipinski definition) is 1. The molecule has 2 atom stereocenters. The molecule has 1 aliphatic carbocycles. The van der Waals surface area contributed by atoms with E-state index in [9.17, 15) is 0 Å². The van der Waals surface area contributed by atoms with E-state index in [0.29, 0.717) is 12.1 Å². The van der Waals surface area contributed by atoms with Crippen LogP contribution in [-0.2, 0) is 11.3 Å². The smallest absolute Gasteiger partial charge is 0.0951 e. The number of nitrogens with one attached hydrogen (secondary N) is 1. The van der Waals surface area contributed by atoms with Gasteiger partial charge in [-0.3, -0.25) is 10.00 Å². The molecular formula is C13H20ClN3O. The summed E-state index contributed by atoms with van der Waals surface area (Å²) in [5.74, 6) is 0. The van der Waals surface area contributed by atoms with Crippen molar-refractivity contribution in [2.24, 2.45) is 0 Å². The molecule has 0 aromatic carbocycles. The lowest BCUT2D eigenvalue weighted by Gasteiger charge is -2.43. The first-order valence-corrected chi connectivity index (χ1v) is 7.18. The Balaban J connectivity index is 1.73. The Morgan fingerprint density at radius 2 is 2.28 bits per heavy atom. The standard InChI is InChI=1S/C13H20ClN3O/c1-9-13(14)10(16-15-9)8-17-6-7-18-12-5-3-2-4-11(12)17/h11-12H,2-8H2,1H3,(H,15,16)/t11-,12-/m1/s1. The zero-order valence-corrected chi connectivity index (χ0v) is 11.5. The number of H-pyrrole nitrogens is 1. The predicted octanol–water partition coefficient (Wildman–Crippen LogP) is 2.51. The van der Waals surface area contributed by atoms with Crippen molar-refractivity contribution < 1.29 is 4.74 Å². The second kappa shape index (κ2) is 5.19. The maximum Gasteiger partial charge on any atom is 0.0951 e. The van der Waals surface area contributed by atoms with E-state index in [4.69, 9.17) is 16.3 Å². The molecule has 1 aromatic rings. The Morgan fingerprint density at radius 1 is 1.44 bits per heavy atom. The number of aromatic amines is 1. The molecule has 0 amide bonds. The van der Waals surface area contributed by atoms with E-state index < -0.39 is 0 Å². The van der Waals surface area contributed by atoms with E-state index in [2.05, 4.69) is 15.1 Å². The van der Waals surface area contributed by atoms with Crippen LogP contribution in [-0.4, -0.2) is 40.4 Å². The minimum absolute atomic E-state index is 0.423. The molecule has 0 radical (unpaired) electrons. The molecule has 0 bridgehead atoms. The topological polar surface area (TPSA) is 41.2 Å². The molecule has 3 rings (SSSR count). The lowest BCUT2D eigenvalue weighted by Crippen LogP contribution is -2.52. The number of aryl methyl sites for hydroxylation is 1. The van der Waals surface area contributed by atoms with Gasteiger partial charge in [-0.25, -0.2) is 0 Å². The van der Waals surface area contributed by atoms with Crippen LogP contribution in [0.15, 0.2) is 0 Å². The molecular weight excluding hydrogens is 250 g/mol.